The number of carbonyl (C=O) groups excluding carboxylic acids is 4. The van der Waals surface area contributed by atoms with Gasteiger partial charge in [-0.05, 0) is 37.5 Å². The van der Waals surface area contributed by atoms with Crippen LogP contribution in [0.2, 0.25) is 0 Å². The molecule has 4 amide bonds. The fraction of sp³-hybridized carbons (Fsp3) is 0.778. The van der Waals surface area contributed by atoms with Crippen molar-refractivity contribution in [1.29, 1.82) is 0 Å². The third-order valence-corrected chi connectivity index (χ3v) is 5.91. The Balaban J connectivity index is 1.43. The van der Waals surface area contributed by atoms with Gasteiger partial charge in [0, 0.05) is 19.0 Å². The van der Waals surface area contributed by atoms with Crippen molar-refractivity contribution in [3.8, 4) is 0 Å². The maximum atomic E-state index is 12.5. The molecule has 0 radical (unpaired) electrons. The molecular weight excluding hydrogens is 338 g/mol. The van der Waals surface area contributed by atoms with Gasteiger partial charge >= 0.3 is 12.0 Å². The minimum Gasteiger partial charge on any atom is -0.456 e. The Morgan fingerprint density at radius 3 is 2.69 bits per heavy atom. The number of hydrogen-bond acceptors (Lipinski definition) is 5. The van der Waals surface area contributed by atoms with Gasteiger partial charge in [-0.25, -0.2) is 4.79 Å². The molecule has 1 saturated carbocycles. The summed E-state index contributed by atoms with van der Waals surface area (Å²) in [5.41, 5.74) is 0. The predicted octanol–water partition coefficient (Wildman–Crippen LogP) is 0.945. The number of fused-ring (bicyclic) bond motifs is 1. The molecule has 8 heteroatoms. The van der Waals surface area contributed by atoms with Gasteiger partial charge in [0.25, 0.3) is 11.8 Å². The van der Waals surface area contributed by atoms with Gasteiger partial charge in [-0.15, -0.1) is 0 Å². The van der Waals surface area contributed by atoms with Gasteiger partial charge in [-0.2, -0.15) is 0 Å². The van der Waals surface area contributed by atoms with Crippen LogP contribution in [-0.2, 0) is 19.1 Å². The van der Waals surface area contributed by atoms with Gasteiger partial charge in [-0.1, -0.05) is 19.8 Å². The zero-order chi connectivity index (χ0) is 18.7. The smallest absolute Gasteiger partial charge is 0.322 e. The van der Waals surface area contributed by atoms with E-state index in [0.29, 0.717) is 11.8 Å². The summed E-state index contributed by atoms with van der Waals surface area (Å²) in [5.74, 6) is 0.0953. The Kier molecular flexibility index (Phi) is 5.78. The molecule has 0 spiro atoms. The fourth-order valence-electron chi connectivity index (χ4n) is 4.44. The van der Waals surface area contributed by atoms with E-state index in [1.165, 1.54) is 12.8 Å². The SMILES string of the molecule is C[C@@H]1CCN(C(=O)COC(=O)CC[C@@H]2NC(=O)NC2=O)[C@H]2CCCC[C@@H]12. The molecule has 0 bridgehead atoms. The van der Waals surface area contributed by atoms with Crippen molar-refractivity contribution in [3.63, 3.8) is 0 Å². The lowest BCUT2D eigenvalue weighted by Crippen LogP contribution is -2.53. The Labute approximate surface area is 153 Å². The van der Waals surface area contributed by atoms with Crippen LogP contribution in [-0.4, -0.2) is 54.0 Å². The molecule has 144 valence electrons. The average molecular weight is 365 g/mol. The molecule has 2 saturated heterocycles. The van der Waals surface area contributed by atoms with Gasteiger partial charge in [0.2, 0.25) is 0 Å². The summed E-state index contributed by atoms with van der Waals surface area (Å²) in [5, 5.41) is 4.54. The molecule has 3 aliphatic rings. The molecule has 3 rings (SSSR count). The summed E-state index contributed by atoms with van der Waals surface area (Å²) in [7, 11) is 0. The van der Waals surface area contributed by atoms with E-state index in [4.69, 9.17) is 4.74 Å². The van der Waals surface area contributed by atoms with Crippen molar-refractivity contribution in [1.82, 2.24) is 15.5 Å². The minimum absolute atomic E-state index is 0.0191. The van der Waals surface area contributed by atoms with Gasteiger partial charge in [-0.3, -0.25) is 19.7 Å². The predicted molar refractivity (Wildman–Crippen MR) is 91.9 cm³/mol. The van der Waals surface area contributed by atoms with Crippen LogP contribution in [0.25, 0.3) is 0 Å². The zero-order valence-electron chi connectivity index (χ0n) is 15.2. The van der Waals surface area contributed by atoms with E-state index in [0.717, 1.165) is 25.8 Å². The van der Waals surface area contributed by atoms with Crippen molar-refractivity contribution in [2.24, 2.45) is 11.8 Å². The Hall–Kier alpha value is -2.12. The topological polar surface area (TPSA) is 105 Å². The first kappa shape index (κ1) is 18.7. The highest BCUT2D eigenvalue weighted by atomic mass is 16.5. The number of nitrogens with zero attached hydrogens (tertiary/aromatic N) is 1. The fourth-order valence-corrected chi connectivity index (χ4v) is 4.44. The molecule has 2 aliphatic heterocycles. The third-order valence-electron chi connectivity index (χ3n) is 5.91. The molecule has 1 aliphatic carbocycles. The molecule has 0 unspecified atom stereocenters. The number of carbonyl (C=O) groups is 4. The summed E-state index contributed by atoms with van der Waals surface area (Å²) in [6.45, 7) is 2.75. The van der Waals surface area contributed by atoms with Crippen LogP contribution in [0.5, 0.6) is 0 Å². The summed E-state index contributed by atoms with van der Waals surface area (Å²) >= 11 is 0. The molecule has 2 heterocycles. The van der Waals surface area contributed by atoms with E-state index in [-0.39, 0.29) is 31.4 Å². The minimum atomic E-state index is -0.711. The molecule has 8 nitrogen and oxygen atoms in total. The van der Waals surface area contributed by atoms with E-state index in [1.807, 2.05) is 4.90 Å². The van der Waals surface area contributed by atoms with Crippen LogP contribution in [0.15, 0.2) is 0 Å². The lowest BCUT2D eigenvalue weighted by molar-refractivity contribution is -0.155. The number of hydrogen-bond donors (Lipinski definition) is 2. The number of ether oxygens (including phenoxy) is 1. The second-order valence-corrected chi connectivity index (χ2v) is 7.58. The van der Waals surface area contributed by atoms with E-state index >= 15 is 0 Å². The van der Waals surface area contributed by atoms with E-state index < -0.39 is 23.9 Å². The highest BCUT2D eigenvalue weighted by Crippen LogP contribution is 2.38. The zero-order valence-corrected chi connectivity index (χ0v) is 15.2. The van der Waals surface area contributed by atoms with Gasteiger partial charge in [0.1, 0.15) is 6.04 Å². The Morgan fingerprint density at radius 2 is 1.96 bits per heavy atom. The number of likely N-dealkylation sites (tertiary alicyclic amines) is 1. The van der Waals surface area contributed by atoms with Crippen LogP contribution < -0.4 is 10.6 Å². The van der Waals surface area contributed by atoms with Crippen LogP contribution in [0.1, 0.15) is 51.9 Å². The lowest BCUT2D eigenvalue weighted by Gasteiger charge is -2.47. The molecule has 3 fully saturated rings. The normalized spacial score (nSPS) is 31.0. The van der Waals surface area contributed by atoms with Gasteiger partial charge < -0.3 is 15.0 Å². The summed E-state index contributed by atoms with van der Waals surface area (Å²) in [6, 6.07) is -0.988. The highest BCUT2D eigenvalue weighted by molar-refractivity contribution is 6.04. The van der Waals surface area contributed by atoms with Crippen molar-refractivity contribution in [3.05, 3.63) is 0 Å². The van der Waals surface area contributed by atoms with E-state index in [2.05, 4.69) is 17.6 Å². The maximum absolute atomic E-state index is 12.5. The first-order valence-corrected chi connectivity index (χ1v) is 9.52. The van der Waals surface area contributed by atoms with Crippen molar-refractivity contribution in [2.45, 2.75) is 64.0 Å². The third kappa shape index (κ3) is 4.16. The number of esters is 1. The molecule has 4 atom stereocenters. The van der Waals surface area contributed by atoms with E-state index in [1.54, 1.807) is 0 Å². The van der Waals surface area contributed by atoms with Crippen LogP contribution >= 0.6 is 0 Å². The number of piperidine rings is 1. The maximum Gasteiger partial charge on any atom is 0.322 e. The molecule has 26 heavy (non-hydrogen) atoms. The molecule has 0 aromatic rings. The summed E-state index contributed by atoms with van der Waals surface area (Å²) in [6.07, 6.45) is 5.72. The van der Waals surface area contributed by atoms with Crippen LogP contribution in [0.3, 0.4) is 0 Å². The number of rotatable bonds is 5. The number of urea groups is 1. The summed E-state index contributed by atoms with van der Waals surface area (Å²) in [4.78, 5) is 48.8. The number of nitrogens with one attached hydrogen (secondary N) is 2. The molecule has 2 N–H and O–H groups in total. The van der Waals surface area contributed by atoms with Gasteiger partial charge in [0.15, 0.2) is 6.61 Å². The standard InChI is InChI=1S/C18H27N3O5/c1-11-8-9-21(14-5-3-2-4-12(11)14)15(22)10-26-16(23)7-6-13-17(24)20-18(25)19-13/h11-14H,2-10H2,1H3,(H2,19,20,24,25)/t11-,12+,13+,14+/m1/s1. The van der Waals surface area contributed by atoms with Crippen molar-refractivity contribution in [2.75, 3.05) is 13.2 Å². The van der Waals surface area contributed by atoms with Gasteiger partial charge in [0.05, 0.1) is 0 Å². The van der Waals surface area contributed by atoms with Crippen molar-refractivity contribution >= 4 is 23.8 Å². The first-order valence-electron chi connectivity index (χ1n) is 9.52. The number of imide groups is 1. The Morgan fingerprint density at radius 1 is 1.19 bits per heavy atom. The summed E-state index contributed by atoms with van der Waals surface area (Å²) < 4.78 is 5.11. The second-order valence-electron chi connectivity index (χ2n) is 7.58. The number of amides is 4. The lowest BCUT2D eigenvalue weighted by atomic mass is 9.72. The first-order chi connectivity index (χ1) is 12.5. The molecular formula is C18H27N3O5. The largest absolute Gasteiger partial charge is 0.456 e. The van der Waals surface area contributed by atoms with E-state index in [9.17, 15) is 19.2 Å². The van der Waals surface area contributed by atoms with Crippen LogP contribution in [0, 0.1) is 11.8 Å². The quantitative estimate of drug-likeness (QED) is 0.557. The Bertz CT molecular complexity index is 593. The second kappa shape index (κ2) is 8.05. The highest BCUT2D eigenvalue weighted by Gasteiger charge is 2.39. The molecule has 0 aromatic carbocycles. The van der Waals surface area contributed by atoms with Crippen LogP contribution in [0.4, 0.5) is 4.79 Å². The van der Waals surface area contributed by atoms with Crippen molar-refractivity contribution < 1.29 is 23.9 Å². The average Bonchev–Trinajstić information content (AvgIpc) is 2.95. The monoisotopic (exact) mass is 365 g/mol. The molecule has 0 aromatic heterocycles.